The van der Waals surface area contributed by atoms with E-state index in [2.05, 4.69) is 52.4 Å². The second-order valence-corrected chi connectivity index (χ2v) is 7.12. The number of hydrogen-bond donors (Lipinski definition) is 1. The van der Waals surface area contributed by atoms with Crippen LogP contribution in [0.3, 0.4) is 0 Å². The normalized spacial score (nSPS) is 16.1. The van der Waals surface area contributed by atoms with Gasteiger partial charge in [-0.2, -0.15) is 5.10 Å². The summed E-state index contributed by atoms with van der Waals surface area (Å²) < 4.78 is 1.90. The lowest BCUT2D eigenvalue weighted by atomic mass is 10.1. The first-order valence-corrected chi connectivity index (χ1v) is 9.25. The van der Waals surface area contributed by atoms with Crippen molar-refractivity contribution < 1.29 is 0 Å². The van der Waals surface area contributed by atoms with E-state index in [0.29, 0.717) is 6.04 Å². The van der Waals surface area contributed by atoms with Gasteiger partial charge in [0.05, 0.1) is 17.3 Å². The van der Waals surface area contributed by atoms with Gasteiger partial charge in [0, 0.05) is 6.04 Å². The molecule has 2 aromatic heterocycles. The predicted molar refractivity (Wildman–Crippen MR) is 101 cm³/mol. The van der Waals surface area contributed by atoms with Crippen molar-refractivity contribution >= 4 is 16.9 Å². The highest BCUT2D eigenvalue weighted by Crippen LogP contribution is 2.26. The summed E-state index contributed by atoms with van der Waals surface area (Å²) in [6, 6.07) is 6.88. The topological polar surface area (TPSA) is 55.6 Å². The summed E-state index contributed by atoms with van der Waals surface area (Å²) in [5.74, 6) is 0.909. The molecule has 0 amide bonds. The number of rotatable bonds is 3. The van der Waals surface area contributed by atoms with Crippen molar-refractivity contribution in [1.82, 2.24) is 19.7 Å². The Kier molecular flexibility index (Phi) is 4.38. The molecule has 0 saturated heterocycles. The first kappa shape index (κ1) is 16.1. The van der Waals surface area contributed by atoms with Gasteiger partial charge in [-0.25, -0.2) is 14.6 Å². The Morgan fingerprint density at radius 2 is 1.80 bits per heavy atom. The second kappa shape index (κ2) is 6.82. The van der Waals surface area contributed by atoms with Crippen molar-refractivity contribution in [3.05, 3.63) is 41.9 Å². The van der Waals surface area contributed by atoms with Crippen LogP contribution in [0, 0.1) is 13.8 Å². The minimum Gasteiger partial charge on any atom is -0.367 e. The smallest absolute Gasteiger partial charge is 0.168 e. The largest absolute Gasteiger partial charge is 0.367 e. The van der Waals surface area contributed by atoms with Gasteiger partial charge in [0.1, 0.15) is 12.1 Å². The Hall–Kier alpha value is -2.43. The fraction of sp³-hybridized carbons (Fsp3) is 0.450. The number of benzene rings is 1. The molecule has 1 saturated carbocycles. The monoisotopic (exact) mass is 335 g/mol. The molecule has 25 heavy (non-hydrogen) atoms. The van der Waals surface area contributed by atoms with E-state index in [4.69, 9.17) is 0 Å². The standard InChI is InChI=1S/C20H25N5/c1-14-9-10-17(11-15(14)2)25-20-18(12-23-25)19(21-13-22-20)24-16-7-5-3-4-6-8-16/h9-13,16H,3-8H2,1-2H3,(H,21,22,24). The van der Waals surface area contributed by atoms with Crippen LogP contribution >= 0.6 is 0 Å². The van der Waals surface area contributed by atoms with E-state index in [-0.39, 0.29) is 0 Å². The van der Waals surface area contributed by atoms with Crippen LogP contribution in [-0.2, 0) is 0 Å². The van der Waals surface area contributed by atoms with Gasteiger partial charge in [0.25, 0.3) is 0 Å². The van der Waals surface area contributed by atoms with Crippen LogP contribution in [0.25, 0.3) is 16.7 Å². The minimum absolute atomic E-state index is 0.505. The molecular weight excluding hydrogens is 310 g/mol. The molecule has 130 valence electrons. The molecule has 0 aliphatic heterocycles. The fourth-order valence-corrected chi connectivity index (χ4v) is 3.62. The number of nitrogens with one attached hydrogen (secondary N) is 1. The van der Waals surface area contributed by atoms with E-state index >= 15 is 0 Å². The van der Waals surface area contributed by atoms with E-state index in [0.717, 1.165) is 22.5 Å². The molecule has 0 radical (unpaired) electrons. The summed E-state index contributed by atoms with van der Waals surface area (Å²) >= 11 is 0. The van der Waals surface area contributed by atoms with Gasteiger partial charge in [-0.15, -0.1) is 0 Å². The van der Waals surface area contributed by atoms with Crippen molar-refractivity contribution in [2.75, 3.05) is 5.32 Å². The van der Waals surface area contributed by atoms with Gasteiger partial charge in [-0.3, -0.25) is 0 Å². The summed E-state index contributed by atoms with van der Waals surface area (Å²) in [7, 11) is 0. The molecule has 2 heterocycles. The van der Waals surface area contributed by atoms with E-state index < -0.39 is 0 Å². The zero-order chi connectivity index (χ0) is 17.2. The summed E-state index contributed by atoms with van der Waals surface area (Å²) in [6.07, 6.45) is 11.3. The van der Waals surface area contributed by atoms with Crippen molar-refractivity contribution in [3.8, 4) is 5.69 Å². The molecule has 5 heteroatoms. The van der Waals surface area contributed by atoms with Crippen LogP contribution in [0.1, 0.15) is 49.7 Å². The van der Waals surface area contributed by atoms with Crippen molar-refractivity contribution in [3.63, 3.8) is 0 Å². The lowest BCUT2D eigenvalue weighted by Crippen LogP contribution is -2.19. The molecule has 4 rings (SSSR count). The molecule has 1 aromatic carbocycles. The summed E-state index contributed by atoms with van der Waals surface area (Å²) in [6.45, 7) is 4.25. The highest BCUT2D eigenvalue weighted by molar-refractivity contribution is 5.87. The van der Waals surface area contributed by atoms with Crippen LogP contribution in [0.4, 0.5) is 5.82 Å². The van der Waals surface area contributed by atoms with Crippen LogP contribution in [0.15, 0.2) is 30.7 Å². The number of nitrogens with zero attached hydrogens (tertiary/aromatic N) is 4. The number of anilines is 1. The lowest BCUT2D eigenvalue weighted by Gasteiger charge is -2.17. The Labute approximate surface area is 148 Å². The molecule has 1 aliphatic rings. The van der Waals surface area contributed by atoms with Gasteiger partial charge < -0.3 is 5.32 Å². The summed E-state index contributed by atoms with van der Waals surface area (Å²) in [5.41, 5.74) is 4.43. The second-order valence-electron chi connectivity index (χ2n) is 7.12. The minimum atomic E-state index is 0.505. The Bertz CT molecular complexity index is 875. The van der Waals surface area contributed by atoms with Crippen molar-refractivity contribution in [2.45, 2.75) is 58.4 Å². The molecule has 1 aliphatic carbocycles. The fourth-order valence-electron chi connectivity index (χ4n) is 3.62. The quantitative estimate of drug-likeness (QED) is 0.713. The van der Waals surface area contributed by atoms with Gasteiger partial charge >= 0.3 is 0 Å². The molecule has 0 unspecified atom stereocenters. The first-order valence-electron chi connectivity index (χ1n) is 9.25. The SMILES string of the molecule is Cc1ccc(-n2ncc3c(NC4CCCCCC4)ncnc32)cc1C. The molecule has 0 bridgehead atoms. The van der Waals surface area contributed by atoms with Crippen molar-refractivity contribution in [1.29, 1.82) is 0 Å². The molecule has 1 fully saturated rings. The van der Waals surface area contributed by atoms with E-state index in [9.17, 15) is 0 Å². The zero-order valence-corrected chi connectivity index (χ0v) is 15.0. The van der Waals surface area contributed by atoms with Gasteiger partial charge in [-0.05, 0) is 49.9 Å². The molecule has 1 N–H and O–H groups in total. The third-order valence-electron chi connectivity index (χ3n) is 5.30. The van der Waals surface area contributed by atoms with Crippen LogP contribution in [-0.4, -0.2) is 25.8 Å². The predicted octanol–water partition coefficient (Wildman–Crippen LogP) is 4.57. The van der Waals surface area contributed by atoms with E-state index in [1.54, 1.807) is 6.33 Å². The Morgan fingerprint density at radius 1 is 1.00 bits per heavy atom. The number of aryl methyl sites for hydroxylation is 2. The maximum absolute atomic E-state index is 4.58. The highest BCUT2D eigenvalue weighted by atomic mass is 15.3. The van der Waals surface area contributed by atoms with E-state index in [1.807, 2.05) is 10.9 Å². The molecular formula is C20H25N5. The van der Waals surface area contributed by atoms with E-state index in [1.165, 1.54) is 49.7 Å². The van der Waals surface area contributed by atoms with Gasteiger partial charge in [0.15, 0.2) is 5.65 Å². The lowest BCUT2D eigenvalue weighted by molar-refractivity contribution is 0.618. The third kappa shape index (κ3) is 3.23. The van der Waals surface area contributed by atoms with Crippen LogP contribution < -0.4 is 5.32 Å². The Balaban J connectivity index is 1.68. The van der Waals surface area contributed by atoms with Crippen LogP contribution in [0.5, 0.6) is 0 Å². The highest BCUT2D eigenvalue weighted by Gasteiger charge is 2.16. The number of fused-ring (bicyclic) bond motifs is 1. The molecule has 5 nitrogen and oxygen atoms in total. The van der Waals surface area contributed by atoms with Gasteiger partial charge in [0.2, 0.25) is 0 Å². The molecule has 3 aromatic rings. The Morgan fingerprint density at radius 3 is 2.56 bits per heavy atom. The average molecular weight is 335 g/mol. The number of hydrogen-bond acceptors (Lipinski definition) is 4. The average Bonchev–Trinajstić information content (AvgIpc) is 2.88. The van der Waals surface area contributed by atoms with Crippen LogP contribution in [0.2, 0.25) is 0 Å². The molecule has 0 atom stereocenters. The van der Waals surface area contributed by atoms with Crippen molar-refractivity contribution in [2.24, 2.45) is 0 Å². The zero-order valence-electron chi connectivity index (χ0n) is 15.0. The third-order valence-corrected chi connectivity index (χ3v) is 5.30. The van der Waals surface area contributed by atoms with Gasteiger partial charge in [-0.1, -0.05) is 31.7 Å². The first-order chi connectivity index (χ1) is 12.2. The number of aromatic nitrogens is 4. The maximum atomic E-state index is 4.58. The summed E-state index contributed by atoms with van der Waals surface area (Å²) in [4.78, 5) is 8.99. The maximum Gasteiger partial charge on any atom is 0.168 e. The summed E-state index contributed by atoms with van der Waals surface area (Å²) in [5, 5.41) is 9.22. The molecule has 0 spiro atoms.